The van der Waals surface area contributed by atoms with E-state index < -0.39 is 11.2 Å². The second-order valence-electron chi connectivity index (χ2n) is 7.63. The van der Waals surface area contributed by atoms with Gasteiger partial charge in [0.1, 0.15) is 0 Å². The van der Waals surface area contributed by atoms with Crippen molar-refractivity contribution in [3.63, 3.8) is 0 Å². The van der Waals surface area contributed by atoms with Gasteiger partial charge in [0.25, 0.3) is 0 Å². The predicted molar refractivity (Wildman–Crippen MR) is 86.1 cm³/mol. The highest BCUT2D eigenvalue weighted by Crippen LogP contribution is 2.39. The van der Waals surface area contributed by atoms with Gasteiger partial charge >= 0.3 is 0 Å². The van der Waals surface area contributed by atoms with Crippen molar-refractivity contribution in [3.8, 4) is 0 Å². The largest absolute Gasteiger partial charge is 0.389 e. The van der Waals surface area contributed by atoms with Gasteiger partial charge in [0.2, 0.25) is 0 Å². The maximum absolute atomic E-state index is 10.6. The summed E-state index contributed by atoms with van der Waals surface area (Å²) in [6, 6.07) is 9.67. The predicted octanol–water partition coefficient (Wildman–Crippen LogP) is 2.82. The third-order valence-electron chi connectivity index (χ3n) is 4.85. The van der Waals surface area contributed by atoms with Gasteiger partial charge in [-0.05, 0) is 43.6 Å². The van der Waals surface area contributed by atoms with Crippen LogP contribution in [0.25, 0.3) is 0 Å². The first-order valence-electron chi connectivity index (χ1n) is 7.94. The number of aliphatic hydroxyl groups is 2. The molecule has 3 nitrogen and oxygen atoms in total. The van der Waals surface area contributed by atoms with Crippen LogP contribution in [0.4, 0.5) is 0 Å². The third-order valence-corrected chi connectivity index (χ3v) is 4.85. The molecule has 1 aromatic rings. The van der Waals surface area contributed by atoms with Crippen LogP contribution in [-0.2, 0) is 5.60 Å². The summed E-state index contributed by atoms with van der Waals surface area (Å²) in [4.78, 5) is 0. The van der Waals surface area contributed by atoms with Crippen LogP contribution in [0.1, 0.15) is 52.0 Å². The Morgan fingerprint density at radius 1 is 1.10 bits per heavy atom. The topological polar surface area (TPSA) is 52.5 Å². The summed E-state index contributed by atoms with van der Waals surface area (Å²) in [5.74, 6) is 0. The highest BCUT2D eigenvalue weighted by molar-refractivity contribution is 5.21. The number of rotatable bonds is 5. The summed E-state index contributed by atoms with van der Waals surface area (Å²) in [6.07, 6.45) is 3.78. The maximum atomic E-state index is 10.6. The van der Waals surface area contributed by atoms with Gasteiger partial charge in [-0.3, -0.25) is 0 Å². The second-order valence-corrected chi connectivity index (χ2v) is 7.63. The first-order valence-corrected chi connectivity index (χ1v) is 7.94. The van der Waals surface area contributed by atoms with E-state index in [0.29, 0.717) is 18.5 Å². The number of hydrogen-bond donors (Lipinski definition) is 3. The molecule has 0 saturated heterocycles. The van der Waals surface area contributed by atoms with E-state index in [1.165, 1.54) is 0 Å². The molecule has 0 spiro atoms. The quantitative estimate of drug-likeness (QED) is 0.782. The lowest BCUT2D eigenvalue weighted by molar-refractivity contribution is -0.0297. The summed E-state index contributed by atoms with van der Waals surface area (Å²) in [6.45, 7) is 7.33. The Balaban J connectivity index is 1.84. The summed E-state index contributed by atoms with van der Waals surface area (Å²) in [5.41, 5.74) is -0.287. The molecule has 1 aliphatic carbocycles. The van der Waals surface area contributed by atoms with Crippen molar-refractivity contribution < 1.29 is 10.2 Å². The lowest BCUT2D eigenvalue weighted by atomic mass is 9.71. The Labute approximate surface area is 128 Å². The molecule has 1 saturated carbocycles. The van der Waals surface area contributed by atoms with Crippen molar-refractivity contribution >= 4 is 0 Å². The normalized spacial score (nSPS) is 23.5. The SMILES string of the molecule is CC1(C)CCC(O)(CNCC(C)(O)c2ccccc2)CC1. The van der Waals surface area contributed by atoms with Crippen LogP contribution in [0, 0.1) is 5.41 Å². The van der Waals surface area contributed by atoms with E-state index in [4.69, 9.17) is 0 Å². The Morgan fingerprint density at radius 2 is 1.67 bits per heavy atom. The fraction of sp³-hybridized carbons (Fsp3) is 0.667. The molecular weight excluding hydrogens is 262 g/mol. The zero-order valence-corrected chi connectivity index (χ0v) is 13.5. The van der Waals surface area contributed by atoms with Gasteiger partial charge in [-0.15, -0.1) is 0 Å². The van der Waals surface area contributed by atoms with Crippen LogP contribution in [0.5, 0.6) is 0 Å². The van der Waals surface area contributed by atoms with E-state index in [0.717, 1.165) is 31.2 Å². The van der Waals surface area contributed by atoms with Gasteiger partial charge in [0.15, 0.2) is 0 Å². The molecule has 0 aliphatic heterocycles. The summed E-state index contributed by atoms with van der Waals surface area (Å²) < 4.78 is 0. The van der Waals surface area contributed by atoms with Crippen molar-refractivity contribution in [1.29, 1.82) is 0 Å². The molecule has 2 rings (SSSR count). The lowest BCUT2D eigenvalue weighted by Crippen LogP contribution is -2.48. The molecule has 1 aliphatic rings. The number of hydrogen-bond acceptors (Lipinski definition) is 3. The van der Waals surface area contributed by atoms with Gasteiger partial charge in [-0.2, -0.15) is 0 Å². The van der Waals surface area contributed by atoms with Crippen LogP contribution in [0.2, 0.25) is 0 Å². The summed E-state index contributed by atoms with van der Waals surface area (Å²) >= 11 is 0. The molecule has 0 bridgehead atoms. The zero-order valence-electron chi connectivity index (χ0n) is 13.5. The molecule has 1 unspecified atom stereocenters. The molecule has 0 amide bonds. The summed E-state index contributed by atoms with van der Waals surface area (Å²) in [5, 5.41) is 24.4. The number of nitrogens with one attached hydrogen (secondary N) is 1. The minimum Gasteiger partial charge on any atom is -0.389 e. The Bertz CT molecular complexity index is 444. The fourth-order valence-electron chi connectivity index (χ4n) is 3.01. The highest BCUT2D eigenvalue weighted by Gasteiger charge is 2.36. The molecule has 0 heterocycles. The van der Waals surface area contributed by atoms with Crippen molar-refractivity contribution in [2.75, 3.05) is 13.1 Å². The Hall–Kier alpha value is -0.900. The van der Waals surface area contributed by atoms with E-state index in [1.54, 1.807) is 0 Å². The first-order chi connectivity index (χ1) is 9.73. The average molecular weight is 291 g/mol. The monoisotopic (exact) mass is 291 g/mol. The molecule has 0 aromatic heterocycles. The van der Waals surface area contributed by atoms with E-state index in [1.807, 2.05) is 37.3 Å². The smallest absolute Gasteiger partial charge is 0.0992 e. The van der Waals surface area contributed by atoms with Crippen molar-refractivity contribution in [1.82, 2.24) is 5.32 Å². The third kappa shape index (κ3) is 4.53. The van der Waals surface area contributed by atoms with Crippen LogP contribution in [-0.4, -0.2) is 28.9 Å². The molecule has 1 atom stereocenters. The van der Waals surface area contributed by atoms with Gasteiger partial charge in [-0.25, -0.2) is 0 Å². The van der Waals surface area contributed by atoms with Crippen LogP contribution < -0.4 is 5.32 Å². The lowest BCUT2D eigenvalue weighted by Gasteiger charge is -2.40. The fourth-order valence-corrected chi connectivity index (χ4v) is 3.01. The van der Waals surface area contributed by atoms with Crippen LogP contribution >= 0.6 is 0 Å². The Kier molecular flexibility index (Phi) is 4.76. The number of benzene rings is 1. The maximum Gasteiger partial charge on any atom is 0.0992 e. The van der Waals surface area contributed by atoms with Gasteiger partial charge in [0, 0.05) is 13.1 Å². The zero-order chi connectivity index (χ0) is 15.6. The standard InChI is InChI=1S/C18H29NO2/c1-16(2)9-11-18(21,12-10-16)14-19-13-17(3,20)15-7-5-4-6-8-15/h4-8,19-21H,9-14H2,1-3H3. The van der Waals surface area contributed by atoms with Gasteiger partial charge in [0.05, 0.1) is 11.2 Å². The van der Waals surface area contributed by atoms with E-state index >= 15 is 0 Å². The molecule has 1 fully saturated rings. The van der Waals surface area contributed by atoms with Crippen LogP contribution in [0.3, 0.4) is 0 Å². The molecule has 3 heteroatoms. The minimum atomic E-state index is -0.911. The first kappa shape index (κ1) is 16.5. The minimum absolute atomic E-state index is 0.349. The van der Waals surface area contributed by atoms with Crippen molar-refractivity contribution in [2.24, 2.45) is 5.41 Å². The van der Waals surface area contributed by atoms with E-state index in [2.05, 4.69) is 19.2 Å². The second kappa shape index (κ2) is 6.07. The van der Waals surface area contributed by atoms with Gasteiger partial charge in [-0.1, -0.05) is 44.2 Å². The average Bonchev–Trinajstić information content (AvgIpc) is 2.44. The Morgan fingerprint density at radius 3 is 2.24 bits per heavy atom. The molecule has 0 radical (unpaired) electrons. The van der Waals surface area contributed by atoms with Crippen molar-refractivity contribution in [2.45, 2.75) is 57.7 Å². The molecule has 1 aromatic carbocycles. The van der Waals surface area contributed by atoms with Crippen LogP contribution in [0.15, 0.2) is 30.3 Å². The molecule has 3 N–H and O–H groups in total. The molecular formula is C18H29NO2. The molecule has 118 valence electrons. The van der Waals surface area contributed by atoms with E-state index in [-0.39, 0.29) is 0 Å². The van der Waals surface area contributed by atoms with E-state index in [9.17, 15) is 10.2 Å². The summed E-state index contributed by atoms with van der Waals surface area (Å²) in [7, 11) is 0. The molecule has 21 heavy (non-hydrogen) atoms. The van der Waals surface area contributed by atoms with Gasteiger partial charge < -0.3 is 15.5 Å². The van der Waals surface area contributed by atoms with Crippen molar-refractivity contribution in [3.05, 3.63) is 35.9 Å². The highest BCUT2D eigenvalue weighted by atomic mass is 16.3.